The monoisotopic (exact) mass is 258 g/mol. The lowest BCUT2D eigenvalue weighted by Gasteiger charge is -2.11. The van der Waals surface area contributed by atoms with E-state index < -0.39 is 0 Å². The molecule has 0 aliphatic carbocycles. The van der Waals surface area contributed by atoms with Crippen molar-refractivity contribution in [1.29, 1.82) is 0 Å². The predicted octanol–water partition coefficient (Wildman–Crippen LogP) is 5.13. The van der Waals surface area contributed by atoms with E-state index in [4.69, 9.17) is 4.98 Å². The average molecular weight is 258 g/mol. The number of aromatic nitrogens is 2. The average Bonchev–Trinajstić information content (AvgIpc) is 2.78. The van der Waals surface area contributed by atoms with Crippen LogP contribution < -0.4 is 0 Å². The molecule has 0 fully saturated rings. The van der Waals surface area contributed by atoms with Crippen LogP contribution in [0, 0.1) is 0 Å². The third-order valence-electron chi connectivity index (χ3n) is 3.69. The van der Waals surface area contributed by atoms with Crippen LogP contribution in [0.2, 0.25) is 0 Å². The van der Waals surface area contributed by atoms with Gasteiger partial charge in [-0.3, -0.25) is 0 Å². The Morgan fingerprint density at radius 3 is 2.53 bits per heavy atom. The Morgan fingerprint density at radius 2 is 1.79 bits per heavy atom. The van der Waals surface area contributed by atoms with Crippen molar-refractivity contribution in [3.63, 3.8) is 0 Å². The first-order valence-electron chi connectivity index (χ1n) is 7.69. The number of hydrogen-bond acceptors (Lipinski definition) is 1. The number of benzene rings is 1. The lowest BCUT2D eigenvalue weighted by molar-refractivity contribution is 0.552. The van der Waals surface area contributed by atoms with E-state index in [0.29, 0.717) is 5.92 Å². The van der Waals surface area contributed by atoms with Crippen molar-refractivity contribution in [2.24, 2.45) is 0 Å². The van der Waals surface area contributed by atoms with Crippen LogP contribution in [0.4, 0.5) is 0 Å². The third-order valence-corrected chi connectivity index (χ3v) is 3.69. The van der Waals surface area contributed by atoms with Gasteiger partial charge in [0.1, 0.15) is 5.82 Å². The molecular formula is C17H26N2. The molecule has 0 unspecified atom stereocenters. The zero-order valence-electron chi connectivity index (χ0n) is 12.5. The second kappa shape index (κ2) is 6.74. The van der Waals surface area contributed by atoms with Crippen LogP contribution in [-0.4, -0.2) is 9.55 Å². The van der Waals surface area contributed by atoms with Crippen LogP contribution in [-0.2, 0) is 6.54 Å². The highest BCUT2D eigenvalue weighted by atomic mass is 15.1. The first-order valence-corrected chi connectivity index (χ1v) is 7.69. The van der Waals surface area contributed by atoms with Crippen LogP contribution in [0.25, 0.3) is 11.0 Å². The Labute approximate surface area is 116 Å². The summed E-state index contributed by atoms with van der Waals surface area (Å²) in [6.45, 7) is 7.83. The van der Waals surface area contributed by atoms with E-state index in [0.717, 1.165) is 12.1 Å². The molecule has 1 aromatic heterocycles. The van der Waals surface area contributed by atoms with E-state index in [9.17, 15) is 0 Å². The Hall–Kier alpha value is -1.31. The van der Waals surface area contributed by atoms with Crippen molar-refractivity contribution < 1.29 is 0 Å². The fourth-order valence-electron chi connectivity index (χ4n) is 2.64. The highest BCUT2D eigenvalue weighted by Crippen LogP contribution is 2.22. The number of fused-ring (bicyclic) bond motifs is 1. The number of imidazole rings is 1. The van der Waals surface area contributed by atoms with Gasteiger partial charge in [-0.05, 0) is 18.6 Å². The summed E-state index contributed by atoms with van der Waals surface area (Å²) in [5, 5.41) is 0. The maximum Gasteiger partial charge on any atom is 0.112 e. The van der Waals surface area contributed by atoms with E-state index >= 15 is 0 Å². The Balaban J connectivity index is 2.13. The maximum absolute atomic E-state index is 4.79. The molecule has 0 amide bonds. The fourth-order valence-corrected chi connectivity index (χ4v) is 2.64. The van der Waals surface area contributed by atoms with Crippen LogP contribution >= 0.6 is 0 Å². The first kappa shape index (κ1) is 14.1. The third kappa shape index (κ3) is 3.37. The summed E-state index contributed by atoms with van der Waals surface area (Å²) < 4.78 is 2.42. The van der Waals surface area contributed by atoms with Gasteiger partial charge in [0.2, 0.25) is 0 Å². The Bertz CT molecular complexity index is 511. The topological polar surface area (TPSA) is 17.8 Å². The maximum atomic E-state index is 4.79. The summed E-state index contributed by atoms with van der Waals surface area (Å²) in [7, 11) is 0. The van der Waals surface area contributed by atoms with Crippen molar-refractivity contribution in [2.75, 3.05) is 0 Å². The van der Waals surface area contributed by atoms with Crippen molar-refractivity contribution in [3.05, 3.63) is 30.1 Å². The van der Waals surface area contributed by atoms with Gasteiger partial charge >= 0.3 is 0 Å². The SMILES string of the molecule is CCCCCCCn1c(C(C)C)nc2ccccc21. The molecule has 0 saturated carbocycles. The zero-order chi connectivity index (χ0) is 13.7. The van der Waals surface area contributed by atoms with Crippen molar-refractivity contribution >= 4 is 11.0 Å². The van der Waals surface area contributed by atoms with E-state index in [1.807, 2.05) is 0 Å². The minimum absolute atomic E-state index is 0.489. The fraction of sp³-hybridized carbons (Fsp3) is 0.588. The van der Waals surface area contributed by atoms with Gasteiger partial charge in [-0.1, -0.05) is 58.6 Å². The molecule has 0 aliphatic heterocycles. The standard InChI is InChI=1S/C17H26N2/c1-4-5-6-7-10-13-19-16-12-9-8-11-15(16)18-17(19)14(2)3/h8-9,11-12,14H,4-7,10,13H2,1-3H3. The van der Waals surface area contributed by atoms with Gasteiger partial charge in [0.15, 0.2) is 0 Å². The lowest BCUT2D eigenvalue weighted by Crippen LogP contribution is -2.05. The molecule has 0 aliphatic rings. The van der Waals surface area contributed by atoms with Gasteiger partial charge in [-0.25, -0.2) is 4.98 Å². The molecule has 2 nitrogen and oxygen atoms in total. The quantitative estimate of drug-likeness (QED) is 0.629. The number of aryl methyl sites for hydroxylation is 1. The molecular weight excluding hydrogens is 232 g/mol. The van der Waals surface area contributed by atoms with Crippen molar-refractivity contribution in [1.82, 2.24) is 9.55 Å². The number of para-hydroxylation sites is 2. The molecule has 0 saturated heterocycles. The summed E-state index contributed by atoms with van der Waals surface area (Å²) in [6, 6.07) is 8.50. The van der Waals surface area contributed by atoms with Gasteiger partial charge in [0, 0.05) is 12.5 Å². The highest BCUT2D eigenvalue weighted by Gasteiger charge is 2.12. The van der Waals surface area contributed by atoms with Crippen molar-refractivity contribution in [2.45, 2.75) is 65.3 Å². The number of nitrogens with zero attached hydrogens (tertiary/aromatic N) is 2. The van der Waals surface area contributed by atoms with Gasteiger partial charge in [0.25, 0.3) is 0 Å². The van der Waals surface area contributed by atoms with Gasteiger partial charge < -0.3 is 4.57 Å². The van der Waals surface area contributed by atoms with Crippen LogP contribution in [0.3, 0.4) is 0 Å². The largest absolute Gasteiger partial charge is 0.328 e. The molecule has 104 valence electrons. The Kier molecular flexibility index (Phi) is 5.00. The molecule has 2 rings (SSSR count). The smallest absolute Gasteiger partial charge is 0.112 e. The molecule has 1 aromatic carbocycles. The number of hydrogen-bond donors (Lipinski definition) is 0. The zero-order valence-corrected chi connectivity index (χ0v) is 12.5. The minimum atomic E-state index is 0.489. The molecule has 2 heteroatoms. The van der Waals surface area contributed by atoms with Crippen LogP contribution in [0.15, 0.2) is 24.3 Å². The van der Waals surface area contributed by atoms with Gasteiger partial charge in [0.05, 0.1) is 11.0 Å². The van der Waals surface area contributed by atoms with Crippen molar-refractivity contribution in [3.8, 4) is 0 Å². The molecule has 0 bridgehead atoms. The summed E-state index contributed by atoms with van der Waals surface area (Å²) in [5.74, 6) is 1.72. The summed E-state index contributed by atoms with van der Waals surface area (Å²) in [6.07, 6.45) is 6.63. The predicted molar refractivity (Wildman–Crippen MR) is 82.6 cm³/mol. The molecule has 0 atom stereocenters. The summed E-state index contributed by atoms with van der Waals surface area (Å²) in [4.78, 5) is 4.79. The molecule has 1 heterocycles. The number of rotatable bonds is 7. The van der Waals surface area contributed by atoms with E-state index in [2.05, 4.69) is 49.6 Å². The Morgan fingerprint density at radius 1 is 1.05 bits per heavy atom. The lowest BCUT2D eigenvalue weighted by atomic mass is 10.1. The second-order valence-corrected chi connectivity index (χ2v) is 5.68. The molecule has 0 radical (unpaired) electrons. The summed E-state index contributed by atoms with van der Waals surface area (Å²) >= 11 is 0. The molecule has 2 aromatic rings. The summed E-state index contributed by atoms with van der Waals surface area (Å²) in [5.41, 5.74) is 2.43. The highest BCUT2D eigenvalue weighted by molar-refractivity contribution is 5.76. The normalized spacial score (nSPS) is 11.6. The van der Waals surface area contributed by atoms with Crippen LogP contribution in [0.1, 0.15) is 64.6 Å². The first-order chi connectivity index (χ1) is 9.24. The molecule has 0 N–H and O–H groups in total. The van der Waals surface area contributed by atoms with E-state index in [-0.39, 0.29) is 0 Å². The van der Waals surface area contributed by atoms with E-state index in [1.165, 1.54) is 43.4 Å². The van der Waals surface area contributed by atoms with Gasteiger partial charge in [-0.15, -0.1) is 0 Å². The number of unbranched alkanes of at least 4 members (excludes halogenated alkanes) is 4. The minimum Gasteiger partial charge on any atom is -0.328 e. The molecule has 19 heavy (non-hydrogen) atoms. The van der Waals surface area contributed by atoms with E-state index in [1.54, 1.807) is 0 Å². The van der Waals surface area contributed by atoms with Crippen LogP contribution in [0.5, 0.6) is 0 Å². The molecule has 0 spiro atoms. The second-order valence-electron chi connectivity index (χ2n) is 5.68. The van der Waals surface area contributed by atoms with Gasteiger partial charge in [-0.2, -0.15) is 0 Å².